The zero-order chi connectivity index (χ0) is 12.1. The van der Waals surface area contributed by atoms with E-state index in [1.807, 2.05) is 42.5 Å². The monoisotopic (exact) mass is 262 g/mol. The molecule has 0 atom stereocenters. The third-order valence-corrected chi connectivity index (χ3v) is 2.41. The molecule has 0 aliphatic rings. The van der Waals surface area contributed by atoms with Crippen LogP contribution in [-0.4, -0.2) is 5.97 Å². The first kappa shape index (κ1) is 15.3. The normalized spacial score (nSPS) is 10.0. The Kier molecular flexibility index (Phi) is 6.53. The second kappa shape index (κ2) is 7.66. The Morgan fingerprint density at radius 1 is 0.833 bits per heavy atom. The molecule has 0 N–H and O–H groups in total. The third-order valence-electron chi connectivity index (χ3n) is 2.41. The van der Waals surface area contributed by atoms with Crippen molar-refractivity contribution in [3.63, 3.8) is 0 Å². The van der Waals surface area contributed by atoms with Crippen molar-refractivity contribution >= 4 is 18.1 Å². The molecule has 0 saturated heterocycles. The molecule has 0 fully saturated rings. The van der Waals surface area contributed by atoms with Crippen molar-refractivity contribution in [1.82, 2.24) is 0 Å². The van der Waals surface area contributed by atoms with Gasteiger partial charge in [0.2, 0.25) is 0 Å². The number of benzene rings is 2. The van der Waals surface area contributed by atoms with Gasteiger partial charge in [-0.25, -0.2) is 0 Å². The molecule has 0 amide bonds. The van der Waals surface area contributed by atoms with Gasteiger partial charge in [0.15, 0.2) is 0 Å². The maximum Gasteiger partial charge on any atom is 1.00 e. The largest absolute Gasteiger partial charge is 1.00 e. The number of carboxylic acids is 1. The zero-order valence-electron chi connectivity index (χ0n) is 10.2. The summed E-state index contributed by atoms with van der Waals surface area (Å²) in [6.07, 6.45) is 3.92. The molecule has 0 saturated carbocycles. The SMILES string of the molecule is O=C([O-])c1ccc(/C=C/c2ccccc2)cc1.[K+]. The molecule has 0 aliphatic carbocycles. The van der Waals surface area contributed by atoms with Gasteiger partial charge in [0.1, 0.15) is 0 Å². The molecule has 2 nitrogen and oxygen atoms in total. The molecule has 0 radical (unpaired) electrons. The number of hydrogen-bond acceptors (Lipinski definition) is 2. The fourth-order valence-electron chi connectivity index (χ4n) is 1.49. The van der Waals surface area contributed by atoms with Crippen LogP contribution in [0.5, 0.6) is 0 Å². The Morgan fingerprint density at radius 3 is 1.83 bits per heavy atom. The van der Waals surface area contributed by atoms with E-state index in [-0.39, 0.29) is 56.9 Å². The van der Waals surface area contributed by atoms with Crippen LogP contribution in [0.3, 0.4) is 0 Å². The van der Waals surface area contributed by atoms with Gasteiger partial charge >= 0.3 is 51.4 Å². The van der Waals surface area contributed by atoms with Crippen LogP contribution in [0.4, 0.5) is 0 Å². The minimum atomic E-state index is -1.15. The van der Waals surface area contributed by atoms with Crippen molar-refractivity contribution in [3.05, 3.63) is 71.3 Å². The molecule has 3 heteroatoms. The summed E-state index contributed by atoms with van der Waals surface area (Å²) in [5, 5.41) is 10.6. The van der Waals surface area contributed by atoms with Gasteiger partial charge in [-0.3, -0.25) is 0 Å². The molecule has 0 aliphatic heterocycles. The smallest absolute Gasteiger partial charge is 0.545 e. The summed E-state index contributed by atoms with van der Waals surface area (Å²) in [6, 6.07) is 16.5. The van der Waals surface area contributed by atoms with Crippen molar-refractivity contribution in [1.29, 1.82) is 0 Å². The standard InChI is InChI=1S/C15H12O2.K/c16-15(17)14-10-8-13(9-11-14)7-6-12-4-2-1-3-5-12;/h1-11H,(H,16,17);/q;+1/p-1/b7-6+;. The molecule has 0 bridgehead atoms. The fourth-order valence-corrected chi connectivity index (χ4v) is 1.49. The van der Waals surface area contributed by atoms with Gasteiger partial charge < -0.3 is 9.90 Å². The summed E-state index contributed by atoms with van der Waals surface area (Å²) in [7, 11) is 0. The first-order valence-electron chi connectivity index (χ1n) is 5.30. The van der Waals surface area contributed by atoms with Gasteiger partial charge in [0.25, 0.3) is 0 Å². The number of rotatable bonds is 3. The van der Waals surface area contributed by atoms with E-state index in [9.17, 15) is 9.90 Å². The molecular formula is C15H11KO2. The van der Waals surface area contributed by atoms with Gasteiger partial charge in [0.05, 0.1) is 5.97 Å². The topological polar surface area (TPSA) is 40.1 Å². The summed E-state index contributed by atoms with van der Waals surface area (Å²) in [5.41, 5.74) is 2.26. The van der Waals surface area contributed by atoms with E-state index in [1.165, 1.54) is 0 Å². The summed E-state index contributed by atoms with van der Waals surface area (Å²) in [6.45, 7) is 0. The molecule has 0 aromatic heterocycles. The van der Waals surface area contributed by atoms with E-state index in [0.717, 1.165) is 11.1 Å². The Labute approximate surface area is 149 Å². The minimum absolute atomic E-state index is 0. The molecule has 0 unspecified atom stereocenters. The number of carbonyl (C=O) groups is 1. The maximum atomic E-state index is 10.6. The number of hydrogen-bond donors (Lipinski definition) is 0. The number of carbonyl (C=O) groups excluding carboxylic acids is 1. The predicted molar refractivity (Wildman–Crippen MR) is 66.1 cm³/mol. The molecule has 84 valence electrons. The Hall–Kier alpha value is -0.714. The molecule has 2 rings (SSSR count). The predicted octanol–water partition coefficient (Wildman–Crippen LogP) is -0.775. The van der Waals surface area contributed by atoms with Gasteiger partial charge in [-0.05, 0) is 16.7 Å². The van der Waals surface area contributed by atoms with Crippen LogP contribution in [0.2, 0.25) is 0 Å². The molecular weight excluding hydrogens is 251 g/mol. The van der Waals surface area contributed by atoms with Crippen molar-refractivity contribution in [2.24, 2.45) is 0 Å². The molecule has 18 heavy (non-hydrogen) atoms. The van der Waals surface area contributed by atoms with Crippen LogP contribution in [0.25, 0.3) is 12.2 Å². The van der Waals surface area contributed by atoms with Crippen molar-refractivity contribution in [2.45, 2.75) is 0 Å². The molecule has 0 spiro atoms. The van der Waals surface area contributed by atoms with Gasteiger partial charge in [-0.15, -0.1) is 0 Å². The van der Waals surface area contributed by atoms with Gasteiger partial charge in [-0.2, -0.15) is 0 Å². The number of aromatic carboxylic acids is 1. The van der Waals surface area contributed by atoms with Crippen LogP contribution in [0.15, 0.2) is 54.6 Å². The first-order valence-corrected chi connectivity index (χ1v) is 5.30. The quantitative estimate of drug-likeness (QED) is 0.538. The fraction of sp³-hybridized carbons (Fsp3) is 0. The second-order valence-electron chi connectivity index (χ2n) is 3.65. The second-order valence-corrected chi connectivity index (χ2v) is 3.65. The Bertz CT molecular complexity index is 530. The van der Waals surface area contributed by atoms with E-state index in [1.54, 1.807) is 24.3 Å². The molecule has 2 aromatic carbocycles. The summed E-state index contributed by atoms with van der Waals surface area (Å²) < 4.78 is 0. The van der Waals surface area contributed by atoms with Crippen LogP contribution in [0.1, 0.15) is 21.5 Å². The first-order chi connectivity index (χ1) is 8.25. The zero-order valence-corrected chi connectivity index (χ0v) is 13.3. The van der Waals surface area contributed by atoms with E-state index in [0.29, 0.717) is 0 Å². The summed E-state index contributed by atoms with van der Waals surface area (Å²) >= 11 is 0. The summed E-state index contributed by atoms with van der Waals surface area (Å²) in [4.78, 5) is 10.6. The van der Waals surface area contributed by atoms with E-state index in [4.69, 9.17) is 0 Å². The van der Waals surface area contributed by atoms with Crippen molar-refractivity contribution in [3.8, 4) is 0 Å². The van der Waals surface area contributed by atoms with Crippen LogP contribution in [-0.2, 0) is 0 Å². The molecule has 0 heterocycles. The van der Waals surface area contributed by atoms with Crippen LogP contribution >= 0.6 is 0 Å². The molecule has 2 aromatic rings. The Morgan fingerprint density at radius 2 is 1.33 bits per heavy atom. The third kappa shape index (κ3) is 4.52. The van der Waals surface area contributed by atoms with Crippen LogP contribution < -0.4 is 56.5 Å². The Balaban J connectivity index is 0.00000162. The average Bonchev–Trinajstić information content (AvgIpc) is 2.38. The summed E-state index contributed by atoms with van der Waals surface area (Å²) in [5.74, 6) is -1.15. The minimum Gasteiger partial charge on any atom is -0.545 e. The average molecular weight is 262 g/mol. The van der Waals surface area contributed by atoms with Crippen LogP contribution in [0, 0.1) is 0 Å². The van der Waals surface area contributed by atoms with E-state index in [2.05, 4.69) is 0 Å². The van der Waals surface area contributed by atoms with E-state index < -0.39 is 5.97 Å². The van der Waals surface area contributed by atoms with Gasteiger partial charge in [0, 0.05) is 0 Å². The van der Waals surface area contributed by atoms with Crippen molar-refractivity contribution < 1.29 is 61.3 Å². The van der Waals surface area contributed by atoms with E-state index >= 15 is 0 Å². The maximum absolute atomic E-state index is 10.6. The van der Waals surface area contributed by atoms with Gasteiger partial charge in [-0.1, -0.05) is 66.7 Å². The van der Waals surface area contributed by atoms with Crippen molar-refractivity contribution in [2.75, 3.05) is 0 Å². The number of carboxylic acid groups (broad SMARTS) is 1.